The van der Waals surface area contributed by atoms with Crippen LogP contribution in [0.3, 0.4) is 0 Å². The predicted octanol–water partition coefficient (Wildman–Crippen LogP) is 0.676. The molecule has 0 saturated carbocycles. The van der Waals surface area contributed by atoms with Crippen LogP contribution in [0.1, 0.15) is 5.56 Å². The van der Waals surface area contributed by atoms with Crippen LogP contribution in [0.5, 0.6) is 5.75 Å². The molecule has 0 aliphatic carbocycles. The number of anilines is 1. The molecule has 78 valence electrons. The van der Waals surface area contributed by atoms with Crippen molar-refractivity contribution in [1.29, 1.82) is 0 Å². The molecule has 15 heavy (non-hydrogen) atoms. The second-order valence-electron chi connectivity index (χ2n) is 3.29. The maximum Gasteiger partial charge on any atom is 0.264 e. The first-order chi connectivity index (χ1) is 7.09. The molecule has 0 atom stereocenters. The number of carbonyl (C=O) groups is 1. The van der Waals surface area contributed by atoms with E-state index in [1.807, 2.05) is 0 Å². The number of nitrogens with two attached hydrogens (primary N) is 1. The van der Waals surface area contributed by atoms with Gasteiger partial charge in [0.2, 0.25) is 0 Å². The largest absolute Gasteiger partial charge is 0.482 e. The van der Waals surface area contributed by atoms with Crippen LogP contribution >= 0.6 is 12.2 Å². The Morgan fingerprint density at radius 1 is 1.60 bits per heavy atom. The van der Waals surface area contributed by atoms with E-state index in [0.717, 1.165) is 5.56 Å². The Morgan fingerprint density at radius 2 is 2.33 bits per heavy atom. The minimum absolute atomic E-state index is 0.0793. The zero-order valence-corrected chi connectivity index (χ0v) is 9.00. The van der Waals surface area contributed by atoms with Crippen LogP contribution in [0.25, 0.3) is 0 Å². The molecule has 1 amide bonds. The number of ether oxygens (including phenoxy) is 1. The maximum atomic E-state index is 11.4. The molecule has 0 bridgehead atoms. The Morgan fingerprint density at radius 3 is 3.00 bits per heavy atom. The van der Waals surface area contributed by atoms with E-state index < -0.39 is 0 Å². The van der Waals surface area contributed by atoms with Crippen molar-refractivity contribution in [3.05, 3.63) is 23.8 Å². The lowest BCUT2D eigenvalue weighted by Gasteiger charge is -2.26. The van der Waals surface area contributed by atoms with Gasteiger partial charge < -0.3 is 15.4 Å². The molecule has 0 aromatic heterocycles. The number of fused-ring (bicyclic) bond motifs is 1. The van der Waals surface area contributed by atoms with Gasteiger partial charge in [0.25, 0.3) is 5.91 Å². The first-order valence-electron chi connectivity index (χ1n) is 4.43. The average molecular weight is 222 g/mol. The van der Waals surface area contributed by atoms with E-state index in [0.29, 0.717) is 16.4 Å². The fourth-order valence-electron chi connectivity index (χ4n) is 1.43. The van der Waals surface area contributed by atoms with E-state index in [1.165, 1.54) is 0 Å². The topological polar surface area (TPSA) is 55.6 Å². The van der Waals surface area contributed by atoms with Gasteiger partial charge in [0.05, 0.1) is 5.69 Å². The van der Waals surface area contributed by atoms with Gasteiger partial charge >= 0.3 is 0 Å². The van der Waals surface area contributed by atoms with Crippen molar-refractivity contribution in [2.45, 2.75) is 0 Å². The first kappa shape index (κ1) is 9.92. The lowest BCUT2D eigenvalue weighted by Crippen LogP contribution is -2.35. The number of hydrogen-bond donors (Lipinski definition) is 1. The third-order valence-corrected chi connectivity index (χ3v) is 2.57. The number of carbonyl (C=O) groups excluding carboxylic acids is 1. The normalized spacial score (nSPS) is 14.5. The highest BCUT2D eigenvalue weighted by Gasteiger charge is 2.22. The van der Waals surface area contributed by atoms with Gasteiger partial charge in [0, 0.05) is 12.6 Å². The van der Waals surface area contributed by atoms with E-state index in [4.69, 9.17) is 22.7 Å². The Bertz CT molecular complexity index is 445. The second-order valence-corrected chi connectivity index (χ2v) is 3.73. The number of rotatable bonds is 1. The van der Waals surface area contributed by atoms with Gasteiger partial charge in [-0.25, -0.2) is 0 Å². The number of hydrogen-bond acceptors (Lipinski definition) is 3. The maximum absolute atomic E-state index is 11.4. The summed E-state index contributed by atoms with van der Waals surface area (Å²) in [6.45, 7) is 0.0793. The Kier molecular flexibility index (Phi) is 2.32. The van der Waals surface area contributed by atoms with Crippen molar-refractivity contribution in [1.82, 2.24) is 0 Å². The summed E-state index contributed by atoms with van der Waals surface area (Å²) in [5, 5.41) is 0. The molecule has 0 spiro atoms. The third-order valence-electron chi connectivity index (χ3n) is 2.33. The van der Waals surface area contributed by atoms with Crippen LogP contribution in [-0.4, -0.2) is 24.6 Å². The first-order valence-corrected chi connectivity index (χ1v) is 4.83. The highest BCUT2D eigenvalue weighted by molar-refractivity contribution is 7.80. The lowest BCUT2D eigenvalue weighted by molar-refractivity contribution is -0.120. The lowest BCUT2D eigenvalue weighted by atomic mass is 10.1. The summed E-state index contributed by atoms with van der Waals surface area (Å²) in [6.07, 6.45) is 0. The van der Waals surface area contributed by atoms with Crippen molar-refractivity contribution >= 4 is 28.8 Å². The van der Waals surface area contributed by atoms with Crippen molar-refractivity contribution in [2.75, 3.05) is 18.6 Å². The molecule has 1 aromatic rings. The van der Waals surface area contributed by atoms with Crippen LogP contribution in [0, 0.1) is 0 Å². The standard InChI is InChI=1S/C10H10N2O2S/c1-12-7-4-6(10(11)15)2-3-8(7)14-5-9(12)13/h2-4H,5H2,1H3,(H2,11,15). The number of thiocarbonyl (C=S) groups is 1. The molecule has 1 aliphatic rings. The quantitative estimate of drug-likeness (QED) is 0.710. The van der Waals surface area contributed by atoms with Gasteiger partial charge in [-0.2, -0.15) is 0 Å². The number of amides is 1. The molecule has 4 nitrogen and oxygen atoms in total. The molecule has 0 radical (unpaired) electrons. The summed E-state index contributed by atoms with van der Waals surface area (Å²) >= 11 is 4.87. The van der Waals surface area contributed by atoms with Crippen molar-refractivity contribution in [2.24, 2.45) is 5.73 Å². The molecular weight excluding hydrogens is 212 g/mol. The van der Waals surface area contributed by atoms with Gasteiger partial charge in [-0.3, -0.25) is 4.79 Å². The van der Waals surface area contributed by atoms with E-state index in [1.54, 1.807) is 30.1 Å². The molecule has 2 rings (SSSR count). The minimum Gasteiger partial charge on any atom is -0.482 e. The molecule has 1 aromatic carbocycles. The van der Waals surface area contributed by atoms with Gasteiger partial charge in [-0.1, -0.05) is 12.2 Å². The molecular formula is C10H10N2O2S. The van der Waals surface area contributed by atoms with Crippen molar-refractivity contribution in [3.63, 3.8) is 0 Å². The van der Waals surface area contributed by atoms with Crippen LogP contribution in [0.4, 0.5) is 5.69 Å². The summed E-state index contributed by atoms with van der Waals surface area (Å²) < 4.78 is 5.27. The molecule has 2 N–H and O–H groups in total. The summed E-state index contributed by atoms with van der Waals surface area (Å²) in [7, 11) is 1.70. The van der Waals surface area contributed by atoms with E-state index in [2.05, 4.69) is 0 Å². The van der Waals surface area contributed by atoms with Crippen molar-refractivity contribution < 1.29 is 9.53 Å². The van der Waals surface area contributed by atoms with Gasteiger partial charge in [-0.15, -0.1) is 0 Å². The molecule has 0 unspecified atom stereocenters. The summed E-state index contributed by atoms with van der Waals surface area (Å²) in [4.78, 5) is 13.2. The summed E-state index contributed by atoms with van der Waals surface area (Å²) in [6, 6.07) is 5.31. The minimum atomic E-state index is -0.0809. The number of benzene rings is 1. The number of nitrogens with zero attached hydrogens (tertiary/aromatic N) is 1. The highest BCUT2D eigenvalue weighted by atomic mass is 32.1. The molecule has 1 heterocycles. The van der Waals surface area contributed by atoms with Gasteiger partial charge in [0.1, 0.15) is 10.7 Å². The van der Waals surface area contributed by atoms with Crippen LogP contribution in [0.15, 0.2) is 18.2 Å². The van der Waals surface area contributed by atoms with Crippen molar-refractivity contribution in [3.8, 4) is 5.75 Å². The highest BCUT2D eigenvalue weighted by Crippen LogP contribution is 2.31. The molecule has 1 aliphatic heterocycles. The van der Waals surface area contributed by atoms with Crippen LogP contribution in [0.2, 0.25) is 0 Å². The fraction of sp³-hybridized carbons (Fsp3) is 0.200. The molecule has 0 saturated heterocycles. The van der Waals surface area contributed by atoms with Gasteiger partial charge in [0.15, 0.2) is 6.61 Å². The molecule has 0 fully saturated rings. The Balaban J connectivity index is 2.50. The van der Waals surface area contributed by atoms with Crippen LogP contribution < -0.4 is 15.4 Å². The summed E-state index contributed by atoms with van der Waals surface area (Å²) in [5.74, 6) is 0.597. The van der Waals surface area contributed by atoms with Crippen LogP contribution in [-0.2, 0) is 4.79 Å². The van der Waals surface area contributed by atoms with E-state index in [-0.39, 0.29) is 12.5 Å². The third kappa shape index (κ3) is 1.66. The predicted molar refractivity (Wildman–Crippen MR) is 61.2 cm³/mol. The van der Waals surface area contributed by atoms with E-state index in [9.17, 15) is 4.79 Å². The Hall–Kier alpha value is -1.62. The second kappa shape index (κ2) is 3.51. The Labute approximate surface area is 92.6 Å². The SMILES string of the molecule is CN1C(=O)COc2ccc(C(N)=S)cc21. The molecule has 5 heteroatoms. The van der Waals surface area contributed by atoms with E-state index >= 15 is 0 Å². The zero-order valence-electron chi connectivity index (χ0n) is 8.19. The monoisotopic (exact) mass is 222 g/mol. The average Bonchev–Trinajstić information content (AvgIpc) is 2.23. The summed E-state index contributed by atoms with van der Waals surface area (Å²) in [5.41, 5.74) is 6.95. The van der Waals surface area contributed by atoms with Gasteiger partial charge in [-0.05, 0) is 18.2 Å². The fourth-order valence-corrected chi connectivity index (χ4v) is 1.55. The smallest absolute Gasteiger partial charge is 0.264 e. The zero-order chi connectivity index (χ0) is 11.0. The number of likely N-dealkylation sites (N-methyl/N-ethyl adjacent to an activating group) is 1.